The molecule has 0 saturated heterocycles. The first-order valence-electron chi connectivity index (χ1n) is 3.98. The van der Waals surface area contributed by atoms with Gasteiger partial charge in [-0.25, -0.2) is 0 Å². The number of fused-ring (bicyclic) bond motifs is 1. The Morgan fingerprint density at radius 3 is 2.46 bits per heavy atom. The van der Waals surface area contributed by atoms with Crippen molar-refractivity contribution in [3.8, 4) is 10.6 Å². The molecule has 1 aliphatic carbocycles. The van der Waals surface area contributed by atoms with E-state index in [4.69, 9.17) is 0 Å². The van der Waals surface area contributed by atoms with Crippen molar-refractivity contribution >= 4 is 20.9 Å². The highest BCUT2D eigenvalue weighted by Gasteiger charge is 2.17. The average molecular weight is 211 g/mol. The van der Waals surface area contributed by atoms with Crippen molar-refractivity contribution in [2.75, 3.05) is 0 Å². The van der Waals surface area contributed by atoms with Crippen LogP contribution in [0.4, 0.5) is 0 Å². The summed E-state index contributed by atoms with van der Waals surface area (Å²) in [5, 5.41) is 0. The largest absolute Gasteiger partial charge is 0.289 e. The number of nitrogens with zero attached hydrogens (tertiary/aromatic N) is 1. The van der Waals surface area contributed by atoms with E-state index in [2.05, 4.69) is 4.37 Å². The van der Waals surface area contributed by atoms with E-state index < -0.39 is 0 Å². The summed E-state index contributed by atoms with van der Waals surface area (Å²) in [5.74, 6) is 0. The highest BCUT2D eigenvalue weighted by atomic mass is 32.9. The molecule has 4 heteroatoms. The molecule has 0 aromatic carbocycles. The molecule has 0 spiro atoms. The minimum atomic E-state index is 0.168. The van der Waals surface area contributed by atoms with Crippen molar-refractivity contribution in [3.63, 3.8) is 0 Å². The summed E-state index contributed by atoms with van der Waals surface area (Å²) < 4.78 is 4.30. The Hall–Kier alpha value is -0.740. The quantitative estimate of drug-likeness (QED) is 0.627. The fraction of sp³-hybridized carbons (Fsp3) is 0.333. The second kappa shape index (κ2) is 2.89. The van der Waals surface area contributed by atoms with Gasteiger partial charge in [-0.3, -0.25) is 4.79 Å². The van der Waals surface area contributed by atoms with E-state index in [1.165, 1.54) is 10.5 Å². The lowest BCUT2D eigenvalue weighted by atomic mass is 10.0. The maximum atomic E-state index is 11.7. The van der Waals surface area contributed by atoms with Gasteiger partial charge in [0.1, 0.15) is 0 Å². The molecule has 68 valence electrons. The third-order valence-electron chi connectivity index (χ3n) is 2.40. The molecule has 0 aromatic rings. The predicted octanol–water partition coefficient (Wildman–Crippen LogP) is 2.59. The summed E-state index contributed by atoms with van der Waals surface area (Å²) in [4.78, 5) is 12.7. The Morgan fingerprint density at radius 1 is 1.08 bits per heavy atom. The highest BCUT2D eigenvalue weighted by Crippen LogP contribution is 2.33. The number of hydrogen-bond acceptors (Lipinski definition) is 4. The van der Waals surface area contributed by atoms with Gasteiger partial charge >= 0.3 is 0 Å². The normalized spacial score (nSPS) is 11.0. The van der Waals surface area contributed by atoms with Crippen molar-refractivity contribution in [2.45, 2.75) is 20.8 Å². The Balaban J connectivity index is 3.02. The van der Waals surface area contributed by atoms with Crippen LogP contribution < -0.4 is 5.43 Å². The second-order valence-corrected chi connectivity index (χ2v) is 4.98. The molecule has 0 bridgehead atoms. The van der Waals surface area contributed by atoms with E-state index in [9.17, 15) is 4.79 Å². The van der Waals surface area contributed by atoms with Crippen LogP contribution in [0.25, 0.3) is 10.6 Å². The van der Waals surface area contributed by atoms with Crippen LogP contribution >= 0.6 is 20.9 Å². The Kier molecular flexibility index (Phi) is 1.96. The van der Waals surface area contributed by atoms with Crippen LogP contribution in [0.15, 0.2) is 4.79 Å². The van der Waals surface area contributed by atoms with Crippen molar-refractivity contribution < 1.29 is 0 Å². The monoisotopic (exact) mass is 211 g/mol. The molecule has 0 radical (unpaired) electrons. The molecule has 0 saturated carbocycles. The van der Waals surface area contributed by atoms with Gasteiger partial charge in [0.2, 0.25) is 0 Å². The van der Waals surface area contributed by atoms with E-state index in [-0.39, 0.29) is 5.43 Å². The maximum Gasteiger partial charge on any atom is 0.186 e. The zero-order chi connectivity index (χ0) is 9.59. The smallest absolute Gasteiger partial charge is 0.186 e. The van der Waals surface area contributed by atoms with E-state index in [1.807, 2.05) is 20.8 Å². The third-order valence-corrected chi connectivity index (χ3v) is 4.35. The fourth-order valence-corrected chi connectivity index (χ4v) is 3.52. The number of benzene rings is 1. The molecule has 1 heterocycles. The van der Waals surface area contributed by atoms with Crippen molar-refractivity contribution in [1.82, 2.24) is 4.37 Å². The maximum absolute atomic E-state index is 11.7. The van der Waals surface area contributed by atoms with Crippen LogP contribution in [-0.2, 0) is 0 Å². The van der Waals surface area contributed by atoms with E-state index in [1.54, 1.807) is 10.3 Å². The first-order chi connectivity index (χ1) is 6.13. The average Bonchev–Trinajstić information content (AvgIpc) is 2.59. The SMILES string of the molecule is Cc1c2nssc-2c(C)c(=O)c1C. The molecule has 2 aliphatic rings. The molecule has 1 aliphatic heterocycles. The molecule has 0 amide bonds. The van der Waals surface area contributed by atoms with Gasteiger partial charge in [-0.1, -0.05) is 10.3 Å². The van der Waals surface area contributed by atoms with Crippen LogP contribution in [-0.4, -0.2) is 4.37 Å². The number of rotatable bonds is 0. The van der Waals surface area contributed by atoms with Crippen LogP contribution in [0.3, 0.4) is 0 Å². The standard InChI is InChI=1S/C9H9NOS2/c1-4-5(2)8(11)6(3)9-7(4)10-13-12-9/h1-3H3. The summed E-state index contributed by atoms with van der Waals surface area (Å²) >= 11 is 0. The highest BCUT2D eigenvalue weighted by molar-refractivity contribution is 7.68. The first-order valence-corrected chi connectivity index (χ1v) is 6.09. The van der Waals surface area contributed by atoms with Gasteiger partial charge < -0.3 is 0 Å². The van der Waals surface area contributed by atoms with Crippen molar-refractivity contribution in [3.05, 3.63) is 26.9 Å². The Morgan fingerprint density at radius 2 is 1.77 bits per heavy atom. The summed E-state index contributed by atoms with van der Waals surface area (Å²) in [7, 11) is 3.03. The van der Waals surface area contributed by atoms with Crippen molar-refractivity contribution in [1.29, 1.82) is 0 Å². The zero-order valence-corrected chi connectivity index (χ0v) is 9.30. The molecule has 13 heavy (non-hydrogen) atoms. The zero-order valence-electron chi connectivity index (χ0n) is 7.67. The predicted molar refractivity (Wildman–Crippen MR) is 57.1 cm³/mol. The molecule has 0 N–H and O–H groups in total. The fourth-order valence-electron chi connectivity index (χ4n) is 1.39. The lowest BCUT2D eigenvalue weighted by Crippen LogP contribution is -2.12. The molecule has 0 aromatic heterocycles. The van der Waals surface area contributed by atoms with Gasteiger partial charge in [-0.2, -0.15) is 4.37 Å². The molecule has 0 atom stereocenters. The summed E-state index contributed by atoms with van der Waals surface area (Å²) in [6.45, 7) is 5.71. The van der Waals surface area contributed by atoms with Gasteiger partial charge in [-0.15, -0.1) is 0 Å². The molecule has 0 fully saturated rings. The van der Waals surface area contributed by atoms with Crippen LogP contribution in [0.1, 0.15) is 16.7 Å². The molecular formula is C9H9NOS2. The van der Waals surface area contributed by atoms with Crippen LogP contribution in [0, 0.1) is 20.8 Å². The third kappa shape index (κ3) is 1.13. The minimum Gasteiger partial charge on any atom is -0.289 e. The van der Waals surface area contributed by atoms with E-state index in [0.717, 1.165) is 27.3 Å². The van der Waals surface area contributed by atoms with Gasteiger partial charge in [-0.05, 0) is 26.3 Å². The Bertz CT molecular complexity index is 483. The molecule has 2 nitrogen and oxygen atoms in total. The van der Waals surface area contributed by atoms with Gasteiger partial charge in [0.25, 0.3) is 0 Å². The van der Waals surface area contributed by atoms with Gasteiger partial charge in [0, 0.05) is 21.7 Å². The summed E-state index contributed by atoms with van der Waals surface area (Å²) in [6.07, 6.45) is 0. The molecule has 0 unspecified atom stereocenters. The second-order valence-electron chi connectivity index (χ2n) is 3.13. The van der Waals surface area contributed by atoms with E-state index in [0.29, 0.717) is 0 Å². The van der Waals surface area contributed by atoms with Crippen molar-refractivity contribution in [2.24, 2.45) is 0 Å². The lowest BCUT2D eigenvalue weighted by molar-refractivity contribution is 1.23. The van der Waals surface area contributed by atoms with E-state index >= 15 is 0 Å². The Labute approximate surface area is 83.8 Å². The van der Waals surface area contributed by atoms with Crippen LogP contribution in [0.2, 0.25) is 0 Å². The van der Waals surface area contributed by atoms with Gasteiger partial charge in [0.15, 0.2) is 5.43 Å². The molecule has 2 rings (SSSR count). The van der Waals surface area contributed by atoms with Crippen LogP contribution in [0.5, 0.6) is 0 Å². The summed E-state index contributed by atoms with van der Waals surface area (Å²) in [6, 6.07) is 0. The molecular weight excluding hydrogens is 202 g/mol. The topological polar surface area (TPSA) is 30.0 Å². The summed E-state index contributed by atoms with van der Waals surface area (Å²) in [5.41, 5.74) is 3.88. The number of hydrogen-bond donors (Lipinski definition) is 0. The van der Waals surface area contributed by atoms with Gasteiger partial charge in [0.05, 0.1) is 10.6 Å². The minimum absolute atomic E-state index is 0.168. The lowest BCUT2D eigenvalue weighted by Gasteiger charge is -2.05. The first kappa shape index (κ1) is 8.84. The number of aromatic nitrogens is 1.